The van der Waals surface area contributed by atoms with Crippen LogP contribution < -0.4 is 0 Å². The molecule has 0 amide bonds. The van der Waals surface area contributed by atoms with Crippen molar-refractivity contribution in [3.63, 3.8) is 0 Å². The summed E-state index contributed by atoms with van der Waals surface area (Å²) in [5.74, 6) is -0.248. The van der Waals surface area contributed by atoms with E-state index in [9.17, 15) is 9.90 Å². The number of esters is 1. The zero-order chi connectivity index (χ0) is 15.6. The fourth-order valence-electron chi connectivity index (χ4n) is 2.36. The van der Waals surface area contributed by atoms with Gasteiger partial charge in [0.15, 0.2) is 0 Å². The van der Waals surface area contributed by atoms with Crippen molar-refractivity contribution in [1.82, 2.24) is 0 Å². The van der Waals surface area contributed by atoms with Crippen LogP contribution in [-0.4, -0.2) is 56.0 Å². The SMILES string of the molecule is CCCCCC(C(O)CC=CCC(=O)OC)[N+](C)(C)C. The van der Waals surface area contributed by atoms with E-state index >= 15 is 0 Å². The summed E-state index contributed by atoms with van der Waals surface area (Å²) >= 11 is 0. The number of hydrogen-bond donors (Lipinski definition) is 1. The Morgan fingerprint density at radius 2 is 1.90 bits per heavy atom. The maximum Gasteiger partial charge on any atom is 0.309 e. The van der Waals surface area contributed by atoms with E-state index in [4.69, 9.17) is 0 Å². The normalized spacial score (nSPS) is 15.3. The number of ether oxygens (including phenoxy) is 1. The standard InChI is InChI=1S/C16H32NO3/c1-6-7-8-11-14(17(2,3)4)15(18)12-9-10-13-16(19)20-5/h9-10,14-15,18H,6-8,11-13H2,1-5H3/q+1. The van der Waals surface area contributed by atoms with Crippen molar-refractivity contribution in [2.24, 2.45) is 0 Å². The van der Waals surface area contributed by atoms with E-state index < -0.39 is 0 Å². The van der Waals surface area contributed by atoms with Crippen LogP contribution in [0.25, 0.3) is 0 Å². The third-order valence-electron chi connectivity index (χ3n) is 3.60. The average Bonchev–Trinajstić information content (AvgIpc) is 2.37. The quantitative estimate of drug-likeness (QED) is 0.290. The van der Waals surface area contributed by atoms with Crippen molar-refractivity contribution in [2.45, 2.75) is 57.6 Å². The fraction of sp³-hybridized carbons (Fsp3) is 0.812. The molecule has 0 spiro atoms. The number of aliphatic hydroxyl groups excluding tert-OH is 1. The molecule has 0 aromatic rings. The second kappa shape index (κ2) is 9.94. The molecule has 0 bridgehead atoms. The molecule has 0 aliphatic carbocycles. The van der Waals surface area contributed by atoms with Gasteiger partial charge in [-0.05, 0) is 12.8 Å². The summed E-state index contributed by atoms with van der Waals surface area (Å²) in [5, 5.41) is 10.4. The molecule has 4 nitrogen and oxygen atoms in total. The molecule has 0 rings (SSSR count). The number of aliphatic hydroxyl groups is 1. The Hall–Kier alpha value is -0.870. The average molecular weight is 286 g/mol. The first kappa shape index (κ1) is 19.1. The van der Waals surface area contributed by atoms with E-state index in [-0.39, 0.29) is 24.5 Å². The number of carbonyl (C=O) groups excluding carboxylic acids is 1. The smallest absolute Gasteiger partial charge is 0.309 e. The van der Waals surface area contributed by atoms with E-state index in [0.717, 1.165) is 17.3 Å². The van der Waals surface area contributed by atoms with E-state index in [1.54, 1.807) is 6.08 Å². The first-order chi connectivity index (χ1) is 9.32. The highest BCUT2D eigenvalue weighted by Crippen LogP contribution is 2.18. The largest absolute Gasteiger partial charge is 0.469 e. The molecule has 0 saturated heterocycles. The van der Waals surface area contributed by atoms with Gasteiger partial charge in [0.2, 0.25) is 0 Å². The minimum atomic E-state index is -0.374. The van der Waals surface area contributed by atoms with Crippen LogP contribution in [0, 0.1) is 0 Å². The number of quaternary nitrogens is 1. The van der Waals surface area contributed by atoms with Crippen LogP contribution in [0.3, 0.4) is 0 Å². The number of rotatable bonds is 10. The van der Waals surface area contributed by atoms with Gasteiger partial charge in [-0.3, -0.25) is 4.79 Å². The van der Waals surface area contributed by atoms with Crippen LogP contribution in [0.15, 0.2) is 12.2 Å². The Kier molecular flexibility index (Phi) is 9.51. The zero-order valence-corrected chi connectivity index (χ0v) is 13.8. The van der Waals surface area contributed by atoms with Crippen molar-refractivity contribution in [3.8, 4) is 0 Å². The van der Waals surface area contributed by atoms with Crippen molar-refractivity contribution < 1.29 is 19.1 Å². The number of nitrogens with zero attached hydrogens (tertiary/aromatic N) is 1. The molecule has 1 N–H and O–H groups in total. The molecule has 20 heavy (non-hydrogen) atoms. The summed E-state index contributed by atoms with van der Waals surface area (Å²) in [6.45, 7) is 2.19. The Bertz CT molecular complexity index is 295. The van der Waals surface area contributed by atoms with Gasteiger partial charge >= 0.3 is 5.97 Å². The zero-order valence-electron chi connectivity index (χ0n) is 13.8. The minimum absolute atomic E-state index is 0.226. The molecule has 2 unspecified atom stereocenters. The summed E-state index contributed by atoms with van der Waals surface area (Å²) in [7, 11) is 7.75. The molecule has 0 fully saturated rings. The fourth-order valence-corrected chi connectivity index (χ4v) is 2.36. The number of carbonyl (C=O) groups is 1. The predicted octanol–water partition coefficient (Wildman–Crippen LogP) is 2.51. The lowest BCUT2D eigenvalue weighted by molar-refractivity contribution is -0.900. The van der Waals surface area contributed by atoms with Crippen LogP contribution in [-0.2, 0) is 9.53 Å². The lowest BCUT2D eigenvalue weighted by Crippen LogP contribution is -2.51. The van der Waals surface area contributed by atoms with E-state index in [1.165, 1.54) is 20.0 Å². The summed E-state index contributed by atoms with van der Waals surface area (Å²) < 4.78 is 5.33. The van der Waals surface area contributed by atoms with Crippen molar-refractivity contribution >= 4 is 5.97 Å². The van der Waals surface area contributed by atoms with Crippen LogP contribution in [0.2, 0.25) is 0 Å². The first-order valence-electron chi connectivity index (χ1n) is 7.53. The lowest BCUT2D eigenvalue weighted by atomic mass is 9.98. The van der Waals surface area contributed by atoms with Crippen molar-refractivity contribution in [2.75, 3.05) is 28.3 Å². The molecule has 0 aliphatic heterocycles. The second-order valence-electron chi connectivity index (χ2n) is 6.23. The lowest BCUT2D eigenvalue weighted by Gasteiger charge is -2.37. The maximum atomic E-state index is 11.0. The van der Waals surface area contributed by atoms with Gasteiger partial charge in [-0.2, -0.15) is 0 Å². The van der Waals surface area contributed by atoms with Gasteiger partial charge in [0.05, 0.1) is 34.7 Å². The Morgan fingerprint density at radius 3 is 2.40 bits per heavy atom. The number of likely N-dealkylation sites (N-methyl/N-ethyl adjacent to an activating group) is 1. The third kappa shape index (κ3) is 8.33. The van der Waals surface area contributed by atoms with Gasteiger partial charge in [-0.15, -0.1) is 0 Å². The van der Waals surface area contributed by atoms with Gasteiger partial charge in [-0.1, -0.05) is 31.9 Å². The van der Waals surface area contributed by atoms with Crippen molar-refractivity contribution in [3.05, 3.63) is 12.2 Å². The van der Waals surface area contributed by atoms with Crippen LogP contribution >= 0.6 is 0 Å². The summed E-state index contributed by atoms with van der Waals surface area (Å²) in [5.41, 5.74) is 0. The molecule has 2 atom stereocenters. The minimum Gasteiger partial charge on any atom is -0.469 e. The van der Waals surface area contributed by atoms with Crippen LogP contribution in [0.5, 0.6) is 0 Å². The third-order valence-corrected chi connectivity index (χ3v) is 3.60. The van der Waals surface area contributed by atoms with Gasteiger partial charge in [0, 0.05) is 6.42 Å². The van der Waals surface area contributed by atoms with Gasteiger partial charge < -0.3 is 14.3 Å². The number of hydrogen-bond acceptors (Lipinski definition) is 3. The molecule has 0 aliphatic rings. The Labute approximate surface area is 124 Å². The summed E-state index contributed by atoms with van der Waals surface area (Å²) in [6.07, 6.45) is 8.72. The first-order valence-corrected chi connectivity index (χ1v) is 7.53. The molecule has 4 heteroatoms. The molecule has 0 aromatic carbocycles. The second-order valence-corrected chi connectivity index (χ2v) is 6.23. The van der Waals surface area contributed by atoms with Gasteiger partial charge in [0.25, 0.3) is 0 Å². The maximum absolute atomic E-state index is 11.0. The van der Waals surface area contributed by atoms with E-state index in [0.29, 0.717) is 6.42 Å². The summed E-state index contributed by atoms with van der Waals surface area (Å²) in [6, 6.07) is 0.226. The van der Waals surface area contributed by atoms with E-state index in [2.05, 4.69) is 32.8 Å². The molecule has 0 radical (unpaired) electrons. The molecule has 0 saturated carbocycles. The molecular formula is C16H32NO3+. The molecular weight excluding hydrogens is 254 g/mol. The Balaban J connectivity index is 4.33. The highest BCUT2D eigenvalue weighted by molar-refractivity contribution is 5.70. The highest BCUT2D eigenvalue weighted by Gasteiger charge is 2.29. The number of methoxy groups -OCH3 is 1. The summed E-state index contributed by atoms with van der Waals surface area (Å²) in [4.78, 5) is 11.0. The topological polar surface area (TPSA) is 46.5 Å². The molecule has 0 aromatic heterocycles. The molecule has 0 heterocycles. The van der Waals surface area contributed by atoms with Gasteiger partial charge in [0.1, 0.15) is 12.1 Å². The monoisotopic (exact) mass is 286 g/mol. The molecule has 118 valence electrons. The van der Waals surface area contributed by atoms with E-state index in [1.807, 2.05) is 6.08 Å². The van der Waals surface area contributed by atoms with Crippen molar-refractivity contribution in [1.29, 1.82) is 0 Å². The predicted molar refractivity (Wildman–Crippen MR) is 82.4 cm³/mol. The van der Waals surface area contributed by atoms with Crippen LogP contribution in [0.4, 0.5) is 0 Å². The number of unbranched alkanes of at least 4 members (excludes halogenated alkanes) is 2. The highest BCUT2D eigenvalue weighted by atomic mass is 16.5. The van der Waals surface area contributed by atoms with Gasteiger partial charge in [-0.25, -0.2) is 0 Å². The Morgan fingerprint density at radius 1 is 1.25 bits per heavy atom. The van der Waals surface area contributed by atoms with Crippen LogP contribution in [0.1, 0.15) is 45.4 Å².